The Balaban J connectivity index is 2.11. The first kappa shape index (κ1) is 23.2. The second-order valence-corrected chi connectivity index (χ2v) is 7.95. The van der Waals surface area contributed by atoms with Crippen molar-refractivity contribution >= 4 is 35.0 Å². The molecule has 0 aliphatic rings. The molecule has 11 heteroatoms. The maximum atomic E-state index is 14.4. The van der Waals surface area contributed by atoms with Gasteiger partial charge in [-0.25, -0.2) is 19.0 Å². The molecule has 1 atom stereocenters. The van der Waals surface area contributed by atoms with Crippen LogP contribution in [-0.2, 0) is 14.3 Å². The van der Waals surface area contributed by atoms with E-state index in [0.29, 0.717) is 10.6 Å². The monoisotopic (exact) mass is 439 g/mol. The molecule has 162 valence electrons. The minimum Gasteiger partial charge on any atom is -0.467 e. The average molecular weight is 439 g/mol. The average Bonchev–Trinajstić information content (AvgIpc) is 3.15. The van der Waals surface area contributed by atoms with Gasteiger partial charge in [0.15, 0.2) is 6.04 Å². The van der Waals surface area contributed by atoms with E-state index < -0.39 is 42.0 Å². The van der Waals surface area contributed by atoms with Crippen molar-refractivity contribution < 1.29 is 33.4 Å². The molecule has 2 amide bonds. The van der Waals surface area contributed by atoms with Crippen LogP contribution in [0.2, 0.25) is 0 Å². The number of ether oxygens (including phenoxy) is 2. The number of nitrogens with one attached hydrogen (secondary N) is 2. The highest BCUT2D eigenvalue weighted by Crippen LogP contribution is 2.27. The topological polar surface area (TPSA) is 127 Å². The molecule has 0 radical (unpaired) electrons. The zero-order valence-corrected chi connectivity index (χ0v) is 17.6. The Morgan fingerprint density at radius 1 is 1.30 bits per heavy atom. The number of aliphatic hydroxyl groups is 1. The highest BCUT2D eigenvalue weighted by Gasteiger charge is 2.23. The summed E-state index contributed by atoms with van der Waals surface area (Å²) in [5.41, 5.74) is -0.403. The normalized spacial score (nSPS) is 12.1. The van der Waals surface area contributed by atoms with Gasteiger partial charge in [-0.3, -0.25) is 10.1 Å². The number of thiazole rings is 1. The van der Waals surface area contributed by atoms with Gasteiger partial charge in [0.05, 0.1) is 19.4 Å². The van der Waals surface area contributed by atoms with E-state index in [2.05, 4.69) is 20.4 Å². The molecular formula is C19H22FN3O6S. The van der Waals surface area contributed by atoms with Crippen molar-refractivity contribution in [3.05, 3.63) is 35.1 Å². The number of esters is 1. The zero-order chi connectivity index (χ0) is 22.5. The molecule has 1 aromatic heterocycles. The van der Waals surface area contributed by atoms with Gasteiger partial charge in [0, 0.05) is 10.9 Å². The van der Waals surface area contributed by atoms with Crippen molar-refractivity contribution in [2.24, 2.45) is 0 Å². The third-order valence-corrected chi connectivity index (χ3v) is 4.45. The molecule has 0 aliphatic carbocycles. The number of nitrogens with zero attached hydrogens (tertiary/aromatic N) is 1. The summed E-state index contributed by atoms with van der Waals surface area (Å²) >= 11 is 1.09. The van der Waals surface area contributed by atoms with Crippen LogP contribution in [0.5, 0.6) is 0 Å². The van der Waals surface area contributed by atoms with E-state index >= 15 is 0 Å². The van der Waals surface area contributed by atoms with E-state index in [-0.39, 0.29) is 11.4 Å². The van der Waals surface area contributed by atoms with Crippen LogP contribution in [0.3, 0.4) is 0 Å². The summed E-state index contributed by atoms with van der Waals surface area (Å²) in [5.74, 6) is -2.19. The lowest BCUT2D eigenvalue weighted by Crippen LogP contribution is -2.44. The molecule has 0 fully saturated rings. The maximum absolute atomic E-state index is 14.4. The number of hydrogen-bond acceptors (Lipinski definition) is 8. The molecule has 0 saturated heterocycles. The number of carbonyl (C=O) groups is 3. The second kappa shape index (κ2) is 9.63. The van der Waals surface area contributed by atoms with Crippen LogP contribution >= 0.6 is 11.3 Å². The highest BCUT2D eigenvalue weighted by molar-refractivity contribution is 7.13. The van der Waals surface area contributed by atoms with E-state index in [9.17, 15) is 23.9 Å². The summed E-state index contributed by atoms with van der Waals surface area (Å²) in [4.78, 5) is 39.6. The summed E-state index contributed by atoms with van der Waals surface area (Å²) in [6, 6.07) is 2.83. The molecule has 2 rings (SSSR count). The Morgan fingerprint density at radius 2 is 2.00 bits per heavy atom. The number of hydrogen-bond donors (Lipinski definition) is 3. The molecular weight excluding hydrogens is 417 g/mol. The molecule has 1 heterocycles. The molecule has 1 aromatic carbocycles. The van der Waals surface area contributed by atoms with Crippen molar-refractivity contribution in [2.75, 3.05) is 19.0 Å². The van der Waals surface area contributed by atoms with Crippen LogP contribution in [0.4, 0.5) is 14.9 Å². The molecule has 0 spiro atoms. The number of aromatic nitrogens is 1. The summed E-state index contributed by atoms with van der Waals surface area (Å²) in [7, 11) is 1.13. The van der Waals surface area contributed by atoms with Gasteiger partial charge in [-0.15, -0.1) is 11.3 Å². The van der Waals surface area contributed by atoms with Crippen molar-refractivity contribution in [1.29, 1.82) is 0 Å². The number of methoxy groups -OCH3 is 1. The Morgan fingerprint density at radius 3 is 2.57 bits per heavy atom. The minimum absolute atomic E-state index is 0.00582. The lowest BCUT2D eigenvalue weighted by Gasteiger charge is -2.19. The van der Waals surface area contributed by atoms with Gasteiger partial charge >= 0.3 is 12.1 Å². The number of rotatable bonds is 6. The van der Waals surface area contributed by atoms with Gasteiger partial charge < -0.3 is 19.9 Å². The third kappa shape index (κ3) is 6.22. The van der Waals surface area contributed by atoms with Gasteiger partial charge in [-0.2, -0.15) is 0 Å². The van der Waals surface area contributed by atoms with Crippen LogP contribution in [0.15, 0.2) is 23.6 Å². The quantitative estimate of drug-likeness (QED) is 0.591. The van der Waals surface area contributed by atoms with E-state index in [1.165, 1.54) is 17.5 Å². The first-order chi connectivity index (χ1) is 14.0. The summed E-state index contributed by atoms with van der Waals surface area (Å²) < 4.78 is 24.0. The smallest absolute Gasteiger partial charge is 0.412 e. The standard InChI is InChI=1S/C19H22FN3O6S/c1-19(2,3)29-18(27)23-12-6-5-10(7-11(12)20)16-22-14(9-30-16)15(25)21-13(8-24)17(26)28-4/h5-7,9,13,24H,8H2,1-4H3,(H,21,25)(H,23,27). The Hall–Kier alpha value is -3.05. The van der Waals surface area contributed by atoms with E-state index in [1.54, 1.807) is 20.8 Å². The third-order valence-electron chi connectivity index (χ3n) is 3.56. The number of benzene rings is 1. The molecule has 2 aromatic rings. The predicted octanol–water partition coefficient (Wildman–Crippen LogP) is 2.56. The Kier molecular flexibility index (Phi) is 7.46. The fourth-order valence-electron chi connectivity index (χ4n) is 2.23. The lowest BCUT2D eigenvalue weighted by atomic mass is 10.2. The van der Waals surface area contributed by atoms with Gasteiger partial charge in [0.25, 0.3) is 5.91 Å². The fourth-order valence-corrected chi connectivity index (χ4v) is 3.02. The van der Waals surface area contributed by atoms with E-state index in [4.69, 9.17) is 4.74 Å². The molecule has 0 bridgehead atoms. The number of carbonyl (C=O) groups excluding carboxylic acids is 3. The SMILES string of the molecule is COC(=O)C(CO)NC(=O)c1csc(-c2ccc(NC(=O)OC(C)(C)C)c(F)c2)n1. The largest absolute Gasteiger partial charge is 0.467 e. The molecule has 30 heavy (non-hydrogen) atoms. The number of anilines is 1. The lowest BCUT2D eigenvalue weighted by molar-refractivity contribution is -0.143. The van der Waals surface area contributed by atoms with Crippen molar-refractivity contribution in [3.63, 3.8) is 0 Å². The minimum atomic E-state index is -1.22. The fraction of sp³-hybridized carbons (Fsp3) is 0.368. The van der Waals surface area contributed by atoms with Crippen LogP contribution in [-0.4, -0.2) is 53.4 Å². The first-order valence-electron chi connectivity index (χ1n) is 8.79. The molecule has 0 aliphatic heterocycles. The highest BCUT2D eigenvalue weighted by atomic mass is 32.1. The van der Waals surface area contributed by atoms with Gasteiger partial charge in [-0.05, 0) is 39.0 Å². The van der Waals surface area contributed by atoms with Crippen LogP contribution in [0, 0.1) is 5.82 Å². The molecule has 9 nitrogen and oxygen atoms in total. The van der Waals surface area contributed by atoms with Crippen molar-refractivity contribution in [3.8, 4) is 10.6 Å². The summed E-state index contributed by atoms with van der Waals surface area (Å²) in [6.45, 7) is 4.44. The Labute approximate surface area is 176 Å². The zero-order valence-electron chi connectivity index (χ0n) is 16.8. The van der Waals surface area contributed by atoms with Crippen molar-refractivity contribution in [1.82, 2.24) is 10.3 Å². The number of aliphatic hydroxyl groups excluding tert-OH is 1. The van der Waals surface area contributed by atoms with Gasteiger partial charge in [0.1, 0.15) is 22.1 Å². The molecule has 0 saturated carbocycles. The summed E-state index contributed by atoms with van der Waals surface area (Å²) in [5, 5.41) is 15.6. The Bertz CT molecular complexity index is 941. The first-order valence-corrected chi connectivity index (χ1v) is 9.67. The van der Waals surface area contributed by atoms with Crippen LogP contribution in [0.25, 0.3) is 10.6 Å². The number of halogens is 1. The molecule has 3 N–H and O–H groups in total. The maximum Gasteiger partial charge on any atom is 0.412 e. The molecule has 1 unspecified atom stereocenters. The number of amides is 2. The van der Waals surface area contributed by atoms with Crippen LogP contribution < -0.4 is 10.6 Å². The summed E-state index contributed by atoms with van der Waals surface area (Å²) in [6.07, 6.45) is -0.786. The predicted molar refractivity (Wildman–Crippen MR) is 108 cm³/mol. The second-order valence-electron chi connectivity index (χ2n) is 7.09. The van der Waals surface area contributed by atoms with Crippen LogP contribution in [0.1, 0.15) is 31.3 Å². The van der Waals surface area contributed by atoms with Gasteiger partial charge in [0.2, 0.25) is 0 Å². The van der Waals surface area contributed by atoms with E-state index in [0.717, 1.165) is 24.5 Å². The van der Waals surface area contributed by atoms with Crippen molar-refractivity contribution in [2.45, 2.75) is 32.4 Å². The van der Waals surface area contributed by atoms with E-state index in [1.807, 2.05) is 0 Å². The van der Waals surface area contributed by atoms with Gasteiger partial charge in [-0.1, -0.05) is 0 Å².